The minimum absolute atomic E-state index is 0.0312. The van der Waals surface area contributed by atoms with Gasteiger partial charge >= 0.3 is 0 Å². The Hall–Kier alpha value is -2.26. The molecule has 3 atom stereocenters. The fourth-order valence-corrected chi connectivity index (χ4v) is 5.83. The summed E-state index contributed by atoms with van der Waals surface area (Å²) >= 11 is 6.14. The molecule has 9 heteroatoms. The molecule has 1 aromatic carbocycles. The fraction of sp³-hybridized carbons (Fsp3) is 0.593. The summed E-state index contributed by atoms with van der Waals surface area (Å²) in [6.07, 6.45) is 3.57. The Bertz CT molecular complexity index is 1070. The normalized spacial score (nSPS) is 24.4. The number of fused-ring (bicyclic) bond motifs is 1. The Morgan fingerprint density at radius 2 is 1.89 bits per heavy atom. The number of ether oxygens (including phenoxy) is 1. The smallest absolute Gasteiger partial charge is 0.231 e. The number of carbonyl (C=O) groups is 1. The molecule has 8 nitrogen and oxygen atoms in total. The largest absolute Gasteiger partial charge is 0.387 e. The van der Waals surface area contributed by atoms with E-state index in [1.807, 2.05) is 29.2 Å². The quantitative estimate of drug-likeness (QED) is 0.612. The van der Waals surface area contributed by atoms with Crippen LogP contribution in [0.2, 0.25) is 5.02 Å². The van der Waals surface area contributed by atoms with Crippen LogP contribution in [0.25, 0.3) is 0 Å². The highest BCUT2D eigenvalue weighted by Crippen LogP contribution is 2.42. The van der Waals surface area contributed by atoms with E-state index in [0.717, 1.165) is 48.7 Å². The van der Waals surface area contributed by atoms with E-state index in [2.05, 4.69) is 34.0 Å². The second kappa shape index (κ2) is 10.6. The summed E-state index contributed by atoms with van der Waals surface area (Å²) in [7, 11) is 0. The van der Waals surface area contributed by atoms with Crippen LogP contribution in [0, 0.1) is 0 Å². The SMILES string of the molecule is CC1C[C@@H](O)c2ncnc(N3CCN(C(=O)[C@H](CNC4(C)CCOCC4)c4ccc(Cl)cc4)CC3)c21. The van der Waals surface area contributed by atoms with Crippen LogP contribution in [0.1, 0.15) is 67.9 Å². The third-order valence-corrected chi connectivity index (χ3v) is 8.32. The van der Waals surface area contributed by atoms with Crippen LogP contribution in [0.4, 0.5) is 5.82 Å². The molecule has 2 aromatic rings. The zero-order valence-corrected chi connectivity index (χ0v) is 21.9. The maximum Gasteiger partial charge on any atom is 0.231 e. The first-order chi connectivity index (χ1) is 17.3. The van der Waals surface area contributed by atoms with E-state index in [4.69, 9.17) is 16.3 Å². The number of nitrogens with one attached hydrogen (secondary N) is 1. The molecule has 0 bridgehead atoms. The second-order valence-corrected chi connectivity index (χ2v) is 11.1. The topological polar surface area (TPSA) is 90.8 Å². The van der Waals surface area contributed by atoms with Gasteiger partial charge in [-0.15, -0.1) is 0 Å². The summed E-state index contributed by atoms with van der Waals surface area (Å²) in [6, 6.07) is 7.64. The van der Waals surface area contributed by atoms with Gasteiger partial charge in [0.05, 0.1) is 17.7 Å². The molecule has 2 fully saturated rings. The highest BCUT2D eigenvalue weighted by atomic mass is 35.5. The molecule has 2 N–H and O–H groups in total. The van der Waals surface area contributed by atoms with E-state index in [1.165, 1.54) is 0 Å². The molecule has 3 aliphatic rings. The summed E-state index contributed by atoms with van der Waals surface area (Å²) in [5.41, 5.74) is 2.75. The average molecular weight is 514 g/mol. The number of hydrogen-bond acceptors (Lipinski definition) is 7. The fourth-order valence-electron chi connectivity index (χ4n) is 5.70. The Morgan fingerprint density at radius 1 is 1.19 bits per heavy atom. The number of rotatable bonds is 6. The average Bonchev–Trinajstić information content (AvgIpc) is 3.19. The van der Waals surface area contributed by atoms with Crippen molar-refractivity contribution in [3.63, 3.8) is 0 Å². The number of halogens is 1. The van der Waals surface area contributed by atoms with Gasteiger partial charge in [-0.1, -0.05) is 30.7 Å². The molecular weight excluding hydrogens is 478 g/mol. The van der Waals surface area contributed by atoms with Crippen LogP contribution in [0.15, 0.2) is 30.6 Å². The van der Waals surface area contributed by atoms with Crippen molar-refractivity contribution in [1.82, 2.24) is 20.2 Å². The Labute approximate surface area is 218 Å². The molecule has 2 saturated heterocycles. The number of benzene rings is 1. The molecule has 1 aromatic heterocycles. The van der Waals surface area contributed by atoms with Crippen molar-refractivity contribution in [3.8, 4) is 0 Å². The number of piperazine rings is 1. The van der Waals surface area contributed by atoms with Gasteiger partial charge in [-0.05, 0) is 49.8 Å². The maximum absolute atomic E-state index is 13.8. The number of anilines is 1. The minimum Gasteiger partial charge on any atom is -0.387 e. The van der Waals surface area contributed by atoms with E-state index in [0.29, 0.717) is 44.2 Å². The van der Waals surface area contributed by atoms with Gasteiger partial charge in [-0.25, -0.2) is 9.97 Å². The first kappa shape index (κ1) is 25.4. The molecule has 194 valence electrons. The van der Waals surface area contributed by atoms with E-state index >= 15 is 0 Å². The van der Waals surface area contributed by atoms with Crippen LogP contribution in [0.5, 0.6) is 0 Å². The molecule has 3 heterocycles. The number of amides is 1. The van der Waals surface area contributed by atoms with Crippen molar-refractivity contribution >= 4 is 23.3 Å². The summed E-state index contributed by atoms with van der Waals surface area (Å²) < 4.78 is 5.54. The van der Waals surface area contributed by atoms with Gasteiger partial charge in [-0.3, -0.25) is 4.79 Å². The molecule has 1 aliphatic carbocycles. The minimum atomic E-state index is -0.523. The van der Waals surface area contributed by atoms with E-state index in [9.17, 15) is 9.90 Å². The number of aliphatic hydroxyl groups is 1. The lowest BCUT2D eigenvalue weighted by Crippen LogP contribution is -2.53. The standard InChI is InChI=1S/C27H36ClN5O3/c1-18-15-22(34)24-23(18)25(30-17-29-24)32-9-11-33(12-10-32)26(35)21(19-3-5-20(28)6-4-19)16-31-27(2)7-13-36-14-8-27/h3-6,17-18,21-22,31,34H,7-16H2,1-2H3/t18?,21-,22-/m1/s1. The lowest BCUT2D eigenvalue weighted by Gasteiger charge is -2.39. The molecule has 0 saturated carbocycles. The lowest BCUT2D eigenvalue weighted by molar-refractivity contribution is -0.133. The molecular formula is C27H36ClN5O3. The van der Waals surface area contributed by atoms with E-state index in [-0.39, 0.29) is 23.3 Å². The molecule has 2 aliphatic heterocycles. The van der Waals surface area contributed by atoms with Crippen LogP contribution < -0.4 is 10.2 Å². The maximum atomic E-state index is 13.8. The van der Waals surface area contributed by atoms with Crippen LogP contribution in [-0.2, 0) is 9.53 Å². The second-order valence-electron chi connectivity index (χ2n) is 10.6. The molecule has 0 radical (unpaired) electrons. The van der Waals surface area contributed by atoms with Gasteiger partial charge in [0.15, 0.2) is 0 Å². The Morgan fingerprint density at radius 3 is 2.58 bits per heavy atom. The summed E-state index contributed by atoms with van der Waals surface area (Å²) in [5, 5.41) is 14.7. The van der Waals surface area contributed by atoms with Crippen molar-refractivity contribution in [2.45, 2.75) is 56.6 Å². The zero-order chi connectivity index (χ0) is 25.3. The van der Waals surface area contributed by atoms with Gasteiger partial charge in [0.25, 0.3) is 0 Å². The van der Waals surface area contributed by atoms with Crippen LogP contribution in [-0.4, -0.2) is 77.4 Å². The lowest BCUT2D eigenvalue weighted by atomic mass is 9.90. The van der Waals surface area contributed by atoms with Crippen molar-refractivity contribution in [1.29, 1.82) is 0 Å². The predicted octanol–water partition coefficient (Wildman–Crippen LogP) is 3.26. The van der Waals surface area contributed by atoms with Crippen molar-refractivity contribution in [2.75, 3.05) is 50.8 Å². The highest BCUT2D eigenvalue weighted by molar-refractivity contribution is 6.30. The van der Waals surface area contributed by atoms with E-state index < -0.39 is 6.10 Å². The number of aromatic nitrogens is 2. The number of carbonyl (C=O) groups excluding carboxylic acids is 1. The third-order valence-electron chi connectivity index (χ3n) is 8.07. The molecule has 1 unspecified atom stereocenters. The molecule has 5 rings (SSSR count). The number of hydrogen-bond donors (Lipinski definition) is 2. The van der Waals surface area contributed by atoms with Crippen molar-refractivity contribution in [3.05, 3.63) is 52.4 Å². The predicted molar refractivity (Wildman–Crippen MR) is 139 cm³/mol. The van der Waals surface area contributed by atoms with Gasteiger partial charge in [-0.2, -0.15) is 0 Å². The third kappa shape index (κ3) is 5.23. The Balaban J connectivity index is 1.29. The molecule has 1 amide bonds. The molecule has 36 heavy (non-hydrogen) atoms. The highest BCUT2D eigenvalue weighted by Gasteiger charge is 2.36. The van der Waals surface area contributed by atoms with Gasteiger partial charge in [0, 0.05) is 62.1 Å². The van der Waals surface area contributed by atoms with Gasteiger partial charge in [0.1, 0.15) is 12.1 Å². The Kier molecular flexibility index (Phi) is 7.49. The van der Waals surface area contributed by atoms with Crippen molar-refractivity contribution in [2.24, 2.45) is 0 Å². The van der Waals surface area contributed by atoms with E-state index in [1.54, 1.807) is 6.33 Å². The number of aliphatic hydroxyl groups excluding tert-OH is 1. The first-order valence-corrected chi connectivity index (χ1v) is 13.4. The van der Waals surface area contributed by atoms with Crippen molar-refractivity contribution < 1.29 is 14.6 Å². The molecule has 0 spiro atoms. The first-order valence-electron chi connectivity index (χ1n) is 13.0. The monoisotopic (exact) mass is 513 g/mol. The van der Waals surface area contributed by atoms with Crippen LogP contribution in [0.3, 0.4) is 0 Å². The zero-order valence-electron chi connectivity index (χ0n) is 21.1. The van der Waals surface area contributed by atoms with Gasteiger partial charge in [0.2, 0.25) is 5.91 Å². The summed E-state index contributed by atoms with van der Waals surface area (Å²) in [4.78, 5) is 27.0. The number of nitrogens with zero attached hydrogens (tertiary/aromatic N) is 4. The summed E-state index contributed by atoms with van der Waals surface area (Å²) in [5.74, 6) is 0.973. The van der Waals surface area contributed by atoms with Crippen LogP contribution >= 0.6 is 11.6 Å². The summed E-state index contributed by atoms with van der Waals surface area (Å²) in [6.45, 7) is 9.06. The van der Waals surface area contributed by atoms with Gasteiger partial charge < -0.3 is 25.0 Å².